The summed E-state index contributed by atoms with van der Waals surface area (Å²) in [6.07, 6.45) is 3.14. The molecule has 1 atom stereocenters. The number of rotatable bonds is 2. The van der Waals surface area contributed by atoms with E-state index < -0.39 is 5.92 Å². The highest BCUT2D eigenvalue weighted by atomic mass is 19.3. The van der Waals surface area contributed by atoms with Crippen molar-refractivity contribution in [1.82, 2.24) is 4.90 Å². The Bertz CT molecular complexity index is 189. The van der Waals surface area contributed by atoms with Gasteiger partial charge in [0.1, 0.15) is 0 Å². The van der Waals surface area contributed by atoms with E-state index in [-0.39, 0.29) is 11.8 Å². The van der Waals surface area contributed by atoms with Crippen LogP contribution in [0.3, 0.4) is 0 Å². The first-order valence-corrected chi connectivity index (χ1v) is 5.17. The van der Waals surface area contributed by atoms with Crippen molar-refractivity contribution in [2.45, 2.75) is 31.6 Å². The first-order chi connectivity index (χ1) is 6.10. The van der Waals surface area contributed by atoms with Gasteiger partial charge in [-0.15, -0.1) is 0 Å². The summed E-state index contributed by atoms with van der Waals surface area (Å²) in [6, 6.07) is 0. The van der Waals surface area contributed by atoms with Crippen LogP contribution in [0.2, 0.25) is 0 Å². The molecular formula is C10H17F2N. The van der Waals surface area contributed by atoms with Crippen molar-refractivity contribution in [2.24, 2.45) is 11.8 Å². The highest BCUT2D eigenvalue weighted by Gasteiger charge is 2.52. The average Bonchev–Trinajstić information content (AvgIpc) is 2.86. The molecule has 1 heterocycles. The SMILES string of the molecule is CN1CCCC(C(F)(F)C2CC2)C1. The van der Waals surface area contributed by atoms with Gasteiger partial charge in [0.25, 0.3) is 5.92 Å². The van der Waals surface area contributed by atoms with Gasteiger partial charge in [0.2, 0.25) is 0 Å². The lowest BCUT2D eigenvalue weighted by atomic mass is 9.89. The van der Waals surface area contributed by atoms with E-state index >= 15 is 0 Å². The van der Waals surface area contributed by atoms with Gasteiger partial charge >= 0.3 is 0 Å². The van der Waals surface area contributed by atoms with Crippen LogP contribution in [0.4, 0.5) is 8.78 Å². The van der Waals surface area contributed by atoms with Gasteiger partial charge < -0.3 is 4.90 Å². The van der Waals surface area contributed by atoms with Gasteiger partial charge in [-0.2, -0.15) is 0 Å². The molecule has 1 aliphatic carbocycles. The van der Waals surface area contributed by atoms with E-state index in [0.717, 1.165) is 25.8 Å². The molecule has 0 bridgehead atoms. The van der Waals surface area contributed by atoms with Gasteiger partial charge in [-0.1, -0.05) is 0 Å². The van der Waals surface area contributed by atoms with Crippen molar-refractivity contribution in [1.29, 1.82) is 0 Å². The van der Waals surface area contributed by atoms with Crippen molar-refractivity contribution in [2.75, 3.05) is 20.1 Å². The number of nitrogens with zero attached hydrogens (tertiary/aromatic N) is 1. The quantitative estimate of drug-likeness (QED) is 0.644. The number of piperidine rings is 1. The smallest absolute Gasteiger partial charge is 0.254 e. The first-order valence-electron chi connectivity index (χ1n) is 5.17. The Morgan fingerprint density at radius 1 is 1.15 bits per heavy atom. The van der Waals surface area contributed by atoms with Crippen LogP contribution in [0.5, 0.6) is 0 Å². The Hall–Kier alpha value is -0.180. The molecule has 76 valence electrons. The van der Waals surface area contributed by atoms with E-state index in [1.165, 1.54) is 0 Å². The molecule has 0 radical (unpaired) electrons. The lowest BCUT2D eigenvalue weighted by Crippen LogP contribution is -2.42. The van der Waals surface area contributed by atoms with E-state index in [2.05, 4.69) is 0 Å². The van der Waals surface area contributed by atoms with Crippen LogP contribution in [0.15, 0.2) is 0 Å². The van der Waals surface area contributed by atoms with Crippen LogP contribution in [-0.2, 0) is 0 Å². The van der Waals surface area contributed by atoms with E-state index in [1.807, 2.05) is 11.9 Å². The maximum Gasteiger partial charge on any atom is 0.254 e. The number of hydrogen-bond donors (Lipinski definition) is 0. The van der Waals surface area contributed by atoms with Crippen molar-refractivity contribution in [3.63, 3.8) is 0 Å². The topological polar surface area (TPSA) is 3.24 Å². The summed E-state index contributed by atoms with van der Waals surface area (Å²) in [5.74, 6) is -3.04. The summed E-state index contributed by atoms with van der Waals surface area (Å²) in [6.45, 7) is 1.57. The molecule has 0 amide bonds. The molecule has 1 aliphatic heterocycles. The standard InChI is InChI=1S/C10H17F2N/c1-13-6-2-3-9(7-13)10(11,12)8-4-5-8/h8-9H,2-7H2,1H3. The van der Waals surface area contributed by atoms with Crippen LogP contribution in [-0.4, -0.2) is 31.0 Å². The summed E-state index contributed by atoms with van der Waals surface area (Å²) < 4.78 is 27.3. The summed E-state index contributed by atoms with van der Waals surface area (Å²) in [5.41, 5.74) is 0. The second kappa shape index (κ2) is 3.19. The van der Waals surface area contributed by atoms with Gasteiger partial charge in [0.05, 0.1) is 0 Å². The van der Waals surface area contributed by atoms with Gasteiger partial charge in [-0.3, -0.25) is 0 Å². The average molecular weight is 189 g/mol. The molecule has 0 N–H and O–H groups in total. The summed E-state index contributed by atoms with van der Waals surface area (Å²) >= 11 is 0. The second-order valence-electron chi connectivity index (χ2n) is 4.55. The largest absolute Gasteiger partial charge is 0.306 e. The first kappa shape index (κ1) is 9.38. The van der Waals surface area contributed by atoms with Crippen LogP contribution in [0.1, 0.15) is 25.7 Å². The third-order valence-electron chi connectivity index (χ3n) is 3.29. The third kappa shape index (κ3) is 1.85. The van der Waals surface area contributed by atoms with Gasteiger partial charge in [0.15, 0.2) is 0 Å². The number of alkyl halides is 2. The molecule has 0 aromatic rings. The molecule has 13 heavy (non-hydrogen) atoms. The van der Waals surface area contributed by atoms with Crippen LogP contribution >= 0.6 is 0 Å². The number of likely N-dealkylation sites (tertiary alicyclic amines) is 1. The highest BCUT2D eigenvalue weighted by molar-refractivity contribution is 4.94. The van der Waals surface area contributed by atoms with Crippen molar-refractivity contribution >= 4 is 0 Å². The fraction of sp³-hybridized carbons (Fsp3) is 1.00. The second-order valence-corrected chi connectivity index (χ2v) is 4.55. The molecule has 2 rings (SSSR count). The number of hydrogen-bond acceptors (Lipinski definition) is 1. The molecule has 1 saturated heterocycles. The summed E-state index contributed by atoms with van der Waals surface area (Å²) in [5, 5.41) is 0. The van der Waals surface area contributed by atoms with Crippen molar-refractivity contribution < 1.29 is 8.78 Å². The van der Waals surface area contributed by atoms with Gasteiger partial charge in [-0.05, 0) is 39.3 Å². The Morgan fingerprint density at radius 3 is 2.38 bits per heavy atom. The lowest BCUT2D eigenvalue weighted by Gasteiger charge is -2.34. The minimum absolute atomic E-state index is 0.288. The number of halogens is 2. The minimum Gasteiger partial charge on any atom is -0.306 e. The van der Waals surface area contributed by atoms with E-state index in [9.17, 15) is 8.78 Å². The Kier molecular flexibility index (Phi) is 2.30. The normalized spacial score (nSPS) is 32.1. The molecule has 0 spiro atoms. The fourth-order valence-corrected chi connectivity index (χ4v) is 2.28. The molecule has 3 heteroatoms. The monoisotopic (exact) mass is 189 g/mol. The molecule has 1 unspecified atom stereocenters. The van der Waals surface area contributed by atoms with Gasteiger partial charge in [-0.25, -0.2) is 8.78 Å². The molecule has 0 aromatic heterocycles. The summed E-state index contributed by atoms with van der Waals surface area (Å²) in [4.78, 5) is 2.03. The predicted molar refractivity (Wildman–Crippen MR) is 47.9 cm³/mol. The summed E-state index contributed by atoms with van der Waals surface area (Å²) in [7, 11) is 1.94. The Balaban J connectivity index is 1.97. The fourth-order valence-electron chi connectivity index (χ4n) is 2.28. The van der Waals surface area contributed by atoms with E-state index in [1.54, 1.807) is 0 Å². The Labute approximate surface area is 78.1 Å². The van der Waals surface area contributed by atoms with E-state index in [0.29, 0.717) is 13.0 Å². The zero-order valence-electron chi connectivity index (χ0n) is 8.10. The molecular weight excluding hydrogens is 172 g/mol. The van der Waals surface area contributed by atoms with Crippen LogP contribution in [0.25, 0.3) is 0 Å². The zero-order valence-corrected chi connectivity index (χ0v) is 8.10. The van der Waals surface area contributed by atoms with Crippen molar-refractivity contribution in [3.05, 3.63) is 0 Å². The molecule has 1 nitrogen and oxygen atoms in total. The molecule has 1 saturated carbocycles. The Morgan fingerprint density at radius 2 is 1.85 bits per heavy atom. The minimum atomic E-state index is -2.38. The zero-order chi connectivity index (χ0) is 9.47. The highest BCUT2D eigenvalue weighted by Crippen LogP contribution is 2.49. The van der Waals surface area contributed by atoms with Crippen molar-refractivity contribution in [3.8, 4) is 0 Å². The predicted octanol–water partition coefficient (Wildman–Crippen LogP) is 2.37. The maximum absolute atomic E-state index is 13.6. The van der Waals surface area contributed by atoms with Crippen LogP contribution < -0.4 is 0 Å². The molecule has 2 aliphatic rings. The third-order valence-corrected chi connectivity index (χ3v) is 3.29. The molecule has 0 aromatic carbocycles. The lowest BCUT2D eigenvalue weighted by molar-refractivity contribution is -0.0974. The maximum atomic E-state index is 13.6. The van der Waals surface area contributed by atoms with E-state index in [4.69, 9.17) is 0 Å². The van der Waals surface area contributed by atoms with Gasteiger partial charge in [0, 0.05) is 18.4 Å². The van der Waals surface area contributed by atoms with Crippen LogP contribution in [0, 0.1) is 11.8 Å². The molecule has 2 fully saturated rings.